The van der Waals surface area contributed by atoms with Crippen LogP contribution in [0.2, 0.25) is 44.3 Å². The first-order valence-electron chi connectivity index (χ1n) is 8.77. The van der Waals surface area contributed by atoms with Crippen molar-refractivity contribution in [3.05, 3.63) is 53.7 Å². The van der Waals surface area contributed by atoms with E-state index in [1.54, 1.807) is 0 Å². The summed E-state index contributed by atoms with van der Waals surface area (Å²) in [5, 5.41) is 5.86. The van der Waals surface area contributed by atoms with Crippen LogP contribution >= 0.6 is 11.6 Å². The first kappa shape index (κ1) is 18.4. The average Bonchev–Trinajstić information content (AvgIpc) is 2.53. The Morgan fingerprint density at radius 3 is 1.88 bits per heavy atom. The van der Waals surface area contributed by atoms with Crippen molar-refractivity contribution >= 4 is 48.9 Å². The molecule has 2 aromatic carbocycles. The van der Waals surface area contributed by atoms with Gasteiger partial charge in [0.15, 0.2) is 0 Å². The van der Waals surface area contributed by atoms with Crippen LogP contribution in [0.4, 0.5) is 0 Å². The second kappa shape index (κ2) is 6.38. The minimum atomic E-state index is -1.34. The van der Waals surface area contributed by atoms with E-state index in [4.69, 9.17) is 11.6 Å². The summed E-state index contributed by atoms with van der Waals surface area (Å²) in [6, 6.07) is 15.4. The zero-order valence-electron chi connectivity index (χ0n) is 15.9. The molecule has 4 heteroatoms. The van der Waals surface area contributed by atoms with Crippen LogP contribution in [0.5, 0.6) is 0 Å². The predicted octanol–water partition coefficient (Wildman–Crippen LogP) is 5.65. The fraction of sp³-hybridized carbons (Fsp3) is 0.286. The number of aromatic nitrogens is 1. The molecule has 0 N–H and O–H groups in total. The van der Waals surface area contributed by atoms with Crippen molar-refractivity contribution < 1.29 is 0 Å². The Labute approximate surface area is 158 Å². The zero-order valence-corrected chi connectivity index (χ0v) is 18.7. The smallest absolute Gasteiger partial charge is 0.0894 e. The molecule has 0 atom stereocenters. The Hall–Kier alpha value is -1.43. The lowest BCUT2D eigenvalue weighted by Gasteiger charge is -2.18. The fourth-order valence-corrected chi connectivity index (χ4v) is 5.65. The van der Waals surface area contributed by atoms with Gasteiger partial charge in [-0.25, -0.2) is 0 Å². The lowest BCUT2D eigenvalue weighted by molar-refractivity contribution is 1.36. The van der Waals surface area contributed by atoms with Crippen LogP contribution in [0.25, 0.3) is 22.0 Å². The van der Waals surface area contributed by atoms with E-state index in [1.807, 2.05) is 6.20 Å². The van der Waals surface area contributed by atoms with Gasteiger partial charge in [-0.05, 0) is 0 Å². The largest absolute Gasteiger partial charge is 0.254 e. The van der Waals surface area contributed by atoms with Crippen molar-refractivity contribution in [1.82, 2.24) is 4.98 Å². The summed E-state index contributed by atoms with van der Waals surface area (Å²) in [6.07, 6.45) is 1.96. The number of fused-ring (bicyclic) bond motifs is 1. The highest BCUT2D eigenvalue weighted by atomic mass is 35.5. The molecular formula is C21H26ClNSi2. The quantitative estimate of drug-likeness (QED) is 0.533. The van der Waals surface area contributed by atoms with E-state index in [-0.39, 0.29) is 0 Å². The van der Waals surface area contributed by atoms with E-state index >= 15 is 0 Å². The standard InChI is InChI=1S/C21H26ClNSi2/c1-24(2,3)17-9-7-15(8-10-17)21-20(22)19-12-11-18(25(4,5)6)13-16(19)14-23-21/h7-14H,1-6H3. The van der Waals surface area contributed by atoms with Gasteiger partial charge in [-0.15, -0.1) is 0 Å². The van der Waals surface area contributed by atoms with Crippen LogP contribution in [-0.4, -0.2) is 21.1 Å². The van der Waals surface area contributed by atoms with Gasteiger partial charge in [0.2, 0.25) is 0 Å². The lowest BCUT2D eigenvalue weighted by atomic mass is 10.1. The average molecular weight is 384 g/mol. The molecule has 0 fully saturated rings. The summed E-state index contributed by atoms with van der Waals surface area (Å²) in [6.45, 7) is 14.2. The maximum Gasteiger partial charge on any atom is 0.0894 e. The molecule has 1 aromatic heterocycles. The zero-order chi connectivity index (χ0) is 18.4. The summed E-state index contributed by atoms with van der Waals surface area (Å²) in [4.78, 5) is 4.69. The summed E-state index contributed by atoms with van der Waals surface area (Å²) in [7, 11) is -2.63. The number of pyridine rings is 1. The Balaban J connectivity index is 2.08. The minimum absolute atomic E-state index is 0.750. The second-order valence-corrected chi connectivity index (χ2v) is 19.3. The molecule has 0 radical (unpaired) electrons. The van der Waals surface area contributed by atoms with Crippen LogP contribution in [0, 0.1) is 0 Å². The number of halogens is 1. The Bertz CT molecular complexity index is 920. The maximum absolute atomic E-state index is 6.73. The van der Waals surface area contributed by atoms with Crippen molar-refractivity contribution in [3.63, 3.8) is 0 Å². The van der Waals surface area contributed by atoms with Gasteiger partial charge in [0.1, 0.15) is 0 Å². The summed E-state index contributed by atoms with van der Waals surface area (Å²) in [5.74, 6) is 0. The molecule has 0 amide bonds. The van der Waals surface area contributed by atoms with Gasteiger partial charge in [-0.2, -0.15) is 0 Å². The van der Waals surface area contributed by atoms with Gasteiger partial charge >= 0.3 is 0 Å². The van der Waals surface area contributed by atoms with Crippen molar-refractivity contribution in [2.75, 3.05) is 0 Å². The van der Waals surface area contributed by atoms with E-state index in [9.17, 15) is 0 Å². The third-order valence-corrected chi connectivity index (χ3v) is 9.21. The van der Waals surface area contributed by atoms with E-state index < -0.39 is 16.1 Å². The highest BCUT2D eigenvalue weighted by Gasteiger charge is 2.19. The first-order chi connectivity index (χ1) is 11.6. The molecule has 0 spiro atoms. The third-order valence-electron chi connectivity index (χ3n) is 4.72. The number of hydrogen-bond donors (Lipinski definition) is 0. The molecule has 25 heavy (non-hydrogen) atoms. The summed E-state index contributed by atoms with van der Waals surface area (Å²) in [5.41, 5.74) is 1.96. The SMILES string of the molecule is C[Si](C)(C)c1ccc(-c2ncc3cc([Si](C)(C)C)ccc3c2Cl)cc1. The van der Waals surface area contributed by atoms with Crippen molar-refractivity contribution in [2.24, 2.45) is 0 Å². The minimum Gasteiger partial charge on any atom is -0.254 e. The Kier molecular flexibility index (Phi) is 4.69. The molecule has 1 nitrogen and oxygen atoms in total. The molecule has 0 aliphatic rings. The van der Waals surface area contributed by atoms with Crippen LogP contribution in [0.3, 0.4) is 0 Å². The molecule has 0 aliphatic heterocycles. The first-order valence-corrected chi connectivity index (χ1v) is 16.1. The number of hydrogen-bond acceptors (Lipinski definition) is 1. The van der Waals surface area contributed by atoms with E-state index in [0.717, 1.165) is 27.1 Å². The Morgan fingerprint density at radius 1 is 0.760 bits per heavy atom. The topological polar surface area (TPSA) is 12.9 Å². The summed E-state index contributed by atoms with van der Waals surface area (Å²) < 4.78 is 0. The molecule has 0 bridgehead atoms. The van der Waals surface area contributed by atoms with E-state index in [2.05, 4.69) is 86.7 Å². The van der Waals surface area contributed by atoms with E-state index in [1.165, 1.54) is 10.4 Å². The third kappa shape index (κ3) is 3.74. The predicted molar refractivity (Wildman–Crippen MR) is 118 cm³/mol. The molecule has 0 unspecified atom stereocenters. The van der Waals surface area contributed by atoms with Crippen molar-refractivity contribution in [2.45, 2.75) is 39.3 Å². The molecule has 3 rings (SSSR count). The number of nitrogens with zero attached hydrogens (tertiary/aromatic N) is 1. The van der Waals surface area contributed by atoms with Crippen LogP contribution < -0.4 is 10.4 Å². The molecule has 0 saturated heterocycles. The monoisotopic (exact) mass is 383 g/mol. The molecular weight excluding hydrogens is 358 g/mol. The van der Waals surface area contributed by atoms with Crippen LogP contribution in [0.15, 0.2) is 48.7 Å². The molecule has 0 aliphatic carbocycles. The highest BCUT2D eigenvalue weighted by Crippen LogP contribution is 2.32. The van der Waals surface area contributed by atoms with Gasteiger partial charge in [0.25, 0.3) is 0 Å². The van der Waals surface area contributed by atoms with Crippen LogP contribution in [-0.2, 0) is 0 Å². The number of benzene rings is 2. The number of rotatable bonds is 3. The van der Waals surface area contributed by atoms with Crippen LogP contribution in [0.1, 0.15) is 0 Å². The van der Waals surface area contributed by atoms with Crippen molar-refractivity contribution in [1.29, 1.82) is 0 Å². The van der Waals surface area contributed by atoms with Gasteiger partial charge in [0, 0.05) is 22.5 Å². The maximum atomic E-state index is 6.73. The highest BCUT2D eigenvalue weighted by molar-refractivity contribution is 6.89. The second-order valence-electron chi connectivity index (χ2n) is 8.80. The molecule has 3 aromatic rings. The molecule has 130 valence electrons. The Morgan fingerprint density at radius 2 is 1.32 bits per heavy atom. The molecule has 0 saturated carbocycles. The fourth-order valence-electron chi connectivity index (χ4n) is 2.98. The van der Waals surface area contributed by atoms with Gasteiger partial charge in [0.05, 0.1) is 26.9 Å². The molecule has 1 heterocycles. The van der Waals surface area contributed by atoms with Gasteiger partial charge < -0.3 is 0 Å². The lowest BCUT2D eigenvalue weighted by Crippen LogP contribution is -2.37. The van der Waals surface area contributed by atoms with Gasteiger partial charge in [-0.1, -0.05) is 104 Å². The van der Waals surface area contributed by atoms with Crippen molar-refractivity contribution in [3.8, 4) is 11.3 Å². The van der Waals surface area contributed by atoms with Gasteiger partial charge in [-0.3, -0.25) is 4.98 Å². The van der Waals surface area contributed by atoms with E-state index in [0.29, 0.717) is 0 Å². The summed E-state index contributed by atoms with van der Waals surface area (Å²) >= 11 is 6.73. The normalized spacial score (nSPS) is 12.6.